The molecule has 0 fully saturated rings. The molecule has 18 heavy (non-hydrogen) atoms. The Balaban J connectivity index is 1.87. The van der Waals surface area contributed by atoms with Crippen LogP contribution in [0.3, 0.4) is 0 Å². The molecule has 0 aromatic heterocycles. The van der Waals surface area contributed by atoms with Crippen molar-refractivity contribution in [3.63, 3.8) is 0 Å². The van der Waals surface area contributed by atoms with Crippen LogP contribution in [-0.4, -0.2) is 24.1 Å². The predicted molar refractivity (Wildman–Crippen MR) is 70.5 cm³/mol. The van der Waals surface area contributed by atoms with Crippen LogP contribution in [0.15, 0.2) is 18.2 Å². The Kier molecular flexibility index (Phi) is 4.20. The van der Waals surface area contributed by atoms with Crippen LogP contribution in [-0.2, 0) is 11.2 Å². The van der Waals surface area contributed by atoms with Crippen LogP contribution >= 0.6 is 0 Å². The molecule has 0 bridgehead atoms. The molecule has 1 amide bonds. The lowest BCUT2D eigenvalue weighted by atomic mass is 10.1. The van der Waals surface area contributed by atoms with Gasteiger partial charge in [0.1, 0.15) is 5.75 Å². The third-order valence-electron chi connectivity index (χ3n) is 3.36. The summed E-state index contributed by atoms with van der Waals surface area (Å²) >= 11 is 0. The Labute approximate surface area is 107 Å². The number of hydrogen-bond acceptors (Lipinski definition) is 3. The van der Waals surface area contributed by atoms with Crippen molar-refractivity contribution in [3.8, 4) is 5.75 Å². The van der Waals surface area contributed by atoms with Gasteiger partial charge < -0.3 is 15.7 Å². The molecule has 1 unspecified atom stereocenters. The van der Waals surface area contributed by atoms with Crippen molar-refractivity contribution >= 4 is 5.91 Å². The van der Waals surface area contributed by atoms with Gasteiger partial charge in [-0.15, -0.1) is 0 Å². The van der Waals surface area contributed by atoms with E-state index in [1.54, 1.807) is 6.07 Å². The van der Waals surface area contributed by atoms with Crippen molar-refractivity contribution < 1.29 is 9.90 Å². The number of fused-ring (bicyclic) bond motifs is 1. The minimum atomic E-state index is 0.0825. The summed E-state index contributed by atoms with van der Waals surface area (Å²) in [6.07, 6.45) is 2.39. The number of rotatable bonds is 5. The van der Waals surface area contributed by atoms with E-state index in [0.29, 0.717) is 25.3 Å². The Morgan fingerprint density at radius 3 is 3.11 bits per heavy atom. The average molecular weight is 248 g/mol. The SMILES string of the molecule is CCNC(=O)CCNC1CCc2c(O)cccc21. The van der Waals surface area contributed by atoms with Gasteiger partial charge in [0.2, 0.25) is 5.91 Å². The molecule has 0 radical (unpaired) electrons. The Bertz CT molecular complexity index is 432. The van der Waals surface area contributed by atoms with Gasteiger partial charge in [0.05, 0.1) is 0 Å². The molecular weight excluding hydrogens is 228 g/mol. The van der Waals surface area contributed by atoms with E-state index in [1.807, 2.05) is 19.1 Å². The highest BCUT2D eigenvalue weighted by molar-refractivity contribution is 5.75. The van der Waals surface area contributed by atoms with E-state index in [4.69, 9.17) is 0 Å². The van der Waals surface area contributed by atoms with E-state index in [2.05, 4.69) is 10.6 Å². The van der Waals surface area contributed by atoms with Gasteiger partial charge >= 0.3 is 0 Å². The topological polar surface area (TPSA) is 61.4 Å². The lowest BCUT2D eigenvalue weighted by molar-refractivity contribution is -0.120. The van der Waals surface area contributed by atoms with Crippen molar-refractivity contribution in [1.82, 2.24) is 10.6 Å². The molecule has 4 nitrogen and oxygen atoms in total. The zero-order chi connectivity index (χ0) is 13.0. The molecule has 1 aromatic carbocycles. The van der Waals surface area contributed by atoms with Gasteiger partial charge in [-0.05, 0) is 37.0 Å². The summed E-state index contributed by atoms with van der Waals surface area (Å²) in [4.78, 5) is 11.3. The summed E-state index contributed by atoms with van der Waals surface area (Å²) < 4.78 is 0. The van der Waals surface area contributed by atoms with E-state index >= 15 is 0 Å². The van der Waals surface area contributed by atoms with E-state index < -0.39 is 0 Å². The second kappa shape index (κ2) is 5.87. The molecular formula is C14H20N2O2. The van der Waals surface area contributed by atoms with Crippen LogP contribution in [0.2, 0.25) is 0 Å². The van der Waals surface area contributed by atoms with Crippen molar-refractivity contribution in [2.45, 2.75) is 32.2 Å². The standard InChI is InChI=1S/C14H20N2O2/c1-2-15-14(18)8-9-16-12-7-6-11-10(12)4-3-5-13(11)17/h3-5,12,16-17H,2,6-9H2,1H3,(H,15,18). The van der Waals surface area contributed by atoms with Gasteiger partial charge in [0.25, 0.3) is 0 Å². The van der Waals surface area contributed by atoms with Gasteiger partial charge in [-0.2, -0.15) is 0 Å². The first kappa shape index (κ1) is 12.9. The lowest BCUT2D eigenvalue weighted by Gasteiger charge is -2.14. The zero-order valence-corrected chi connectivity index (χ0v) is 10.7. The summed E-state index contributed by atoms with van der Waals surface area (Å²) in [6.45, 7) is 3.27. The van der Waals surface area contributed by atoms with Crippen LogP contribution in [0.4, 0.5) is 0 Å². The molecule has 1 aliphatic rings. The number of aromatic hydroxyl groups is 1. The van der Waals surface area contributed by atoms with Gasteiger partial charge in [-0.1, -0.05) is 12.1 Å². The fourth-order valence-electron chi connectivity index (χ4n) is 2.49. The average Bonchev–Trinajstić information content (AvgIpc) is 2.75. The predicted octanol–water partition coefficient (Wildman–Crippen LogP) is 1.50. The molecule has 4 heteroatoms. The summed E-state index contributed by atoms with van der Waals surface area (Å²) in [5, 5.41) is 15.9. The fourth-order valence-corrected chi connectivity index (χ4v) is 2.49. The third-order valence-corrected chi connectivity index (χ3v) is 3.36. The number of benzene rings is 1. The monoisotopic (exact) mass is 248 g/mol. The van der Waals surface area contributed by atoms with Crippen molar-refractivity contribution in [1.29, 1.82) is 0 Å². The highest BCUT2D eigenvalue weighted by atomic mass is 16.3. The van der Waals surface area contributed by atoms with E-state index in [1.165, 1.54) is 5.56 Å². The Morgan fingerprint density at radius 2 is 2.33 bits per heavy atom. The minimum Gasteiger partial charge on any atom is -0.508 e. The molecule has 2 rings (SSSR count). The normalized spacial score (nSPS) is 17.5. The maximum atomic E-state index is 11.3. The largest absolute Gasteiger partial charge is 0.508 e. The second-order valence-electron chi connectivity index (χ2n) is 4.59. The molecule has 98 valence electrons. The lowest BCUT2D eigenvalue weighted by Crippen LogP contribution is -2.28. The van der Waals surface area contributed by atoms with Crippen molar-refractivity contribution in [3.05, 3.63) is 29.3 Å². The second-order valence-corrected chi connectivity index (χ2v) is 4.59. The van der Waals surface area contributed by atoms with Crippen LogP contribution in [0.25, 0.3) is 0 Å². The van der Waals surface area contributed by atoms with Crippen LogP contribution < -0.4 is 10.6 Å². The summed E-state index contributed by atoms with van der Waals surface area (Å²) in [6, 6.07) is 5.92. The quantitative estimate of drug-likeness (QED) is 0.740. The first-order valence-corrected chi connectivity index (χ1v) is 6.53. The fraction of sp³-hybridized carbons (Fsp3) is 0.500. The number of phenolic OH excluding ortho intramolecular Hbond substituents is 1. The summed E-state index contributed by atoms with van der Waals surface area (Å²) in [5.74, 6) is 0.472. The summed E-state index contributed by atoms with van der Waals surface area (Å²) in [5.41, 5.74) is 2.22. The third kappa shape index (κ3) is 2.82. The molecule has 3 N–H and O–H groups in total. The molecule has 0 saturated carbocycles. The molecule has 0 heterocycles. The summed E-state index contributed by atoms with van der Waals surface area (Å²) in [7, 11) is 0. The number of carbonyl (C=O) groups excluding carboxylic acids is 1. The number of nitrogens with one attached hydrogen (secondary N) is 2. The first-order chi connectivity index (χ1) is 8.72. The number of hydrogen-bond donors (Lipinski definition) is 3. The molecule has 1 aliphatic carbocycles. The Morgan fingerprint density at radius 1 is 1.50 bits per heavy atom. The van der Waals surface area contributed by atoms with Gasteiger partial charge in [-0.25, -0.2) is 0 Å². The van der Waals surface area contributed by atoms with E-state index in [-0.39, 0.29) is 11.9 Å². The Hall–Kier alpha value is -1.55. The zero-order valence-electron chi connectivity index (χ0n) is 10.7. The molecule has 0 spiro atoms. The van der Waals surface area contributed by atoms with Crippen molar-refractivity contribution in [2.24, 2.45) is 0 Å². The molecule has 1 aromatic rings. The van der Waals surface area contributed by atoms with E-state index in [0.717, 1.165) is 18.4 Å². The van der Waals surface area contributed by atoms with Crippen molar-refractivity contribution in [2.75, 3.05) is 13.1 Å². The smallest absolute Gasteiger partial charge is 0.221 e. The molecule has 1 atom stereocenters. The van der Waals surface area contributed by atoms with E-state index in [9.17, 15) is 9.90 Å². The van der Waals surface area contributed by atoms with Gasteiger partial charge in [0.15, 0.2) is 0 Å². The van der Waals surface area contributed by atoms with Gasteiger partial charge in [0, 0.05) is 25.6 Å². The highest BCUT2D eigenvalue weighted by Gasteiger charge is 2.23. The highest BCUT2D eigenvalue weighted by Crippen LogP contribution is 2.35. The number of amides is 1. The maximum Gasteiger partial charge on any atom is 0.221 e. The van der Waals surface area contributed by atoms with Crippen LogP contribution in [0.5, 0.6) is 5.75 Å². The molecule has 0 aliphatic heterocycles. The van der Waals surface area contributed by atoms with Gasteiger partial charge in [-0.3, -0.25) is 4.79 Å². The number of phenols is 1. The maximum absolute atomic E-state index is 11.3. The molecule has 0 saturated heterocycles. The van der Waals surface area contributed by atoms with Crippen LogP contribution in [0, 0.1) is 0 Å². The number of carbonyl (C=O) groups is 1. The minimum absolute atomic E-state index is 0.0825. The first-order valence-electron chi connectivity index (χ1n) is 6.53. The van der Waals surface area contributed by atoms with Crippen LogP contribution in [0.1, 0.15) is 36.9 Å².